The average molecular weight is 271 g/mol. The minimum atomic E-state index is -0.646. The first-order valence-corrected chi connectivity index (χ1v) is 6.47. The van der Waals surface area contributed by atoms with Crippen molar-refractivity contribution in [2.24, 2.45) is 5.73 Å². The maximum absolute atomic E-state index is 11.8. The number of nitrogens with one attached hydrogen (secondary N) is 1. The van der Waals surface area contributed by atoms with Crippen LogP contribution in [0.15, 0.2) is 0 Å². The van der Waals surface area contributed by atoms with Gasteiger partial charge in [-0.25, -0.2) is 4.79 Å². The molecular weight excluding hydrogens is 254 g/mol. The van der Waals surface area contributed by atoms with Crippen LogP contribution < -0.4 is 16.8 Å². The minimum Gasteiger partial charge on any atom is -0.462 e. The lowest BCUT2D eigenvalue weighted by atomic mass is 10.2. The number of ether oxygens (including phenoxy) is 1. The summed E-state index contributed by atoms with van der Waals surface area (Å²) in [5.41, 5.74) is 11.3. The molecule has 0 radical (unpaired) electrons. The van der Waals surface area contributed by atoms with Gasteiger partial charge in [0.1, 0.15) is 15.4 Å². The lowest BCUT2D eigenvalue weighted by Crippen LogP contribution is -2.13. The second-order valence-electron chi connectivity index (χ2n) is 3.56. The molecule has 0 aromatic carbocycles. The van der Waals surface area contributed by atoms with Crippen molar-refractivity contribution in [3.8, 4) is 0 Å². The highest BCUT2D eigenvalue weighted by molar-refractivity contribution is 7.19. The molecule has 0 saturated carbocycles. The summed E-state index contributed by atoms with van der Waals surface area (Å²) in [5.74, 6) is -1.19. The Labute approximate surface area is 109 Å². The summed E-state index contributed by atoms with van der Waals surface area (Å²) in [5, 5.41) is 3.58. The number of hydrogen-bond donors (Lipinski definition) is 3. The van der Waals surface area contributed by atoms with Crippen molar-refractivity contribution in [1.29, 1.82) is 0 Å². The zero-order chi connectivity index (χ0) is 13.7. The van der Waals surface area contributed by atoms with Gasteiger partial charge in [0.25, 0.3) is 5.91 Å². The number of hydrogen-bond acceptors (Lipinski definition) is 6. The predicted molar refractivity (Wildman–Crippen MR) is 72.0 cm³/mol. The van der Waals surface area contributed by atoms with Crippen LogP contribution in [0.5, 0.6) is 0 Å². The molecule has 6 nitrogen and oxygen atoms in total. The molecule has 0 atom stereocenters. The summed E-state index contributed by atoms with van der Waals surface area (Å²) in [6.45, 7) is 4.61. The lowest BCUT2D eigenvalue weighted by molar-refractivity contribution is 0.0529. The van der Waals surface area contributed by atoms with Crippen molar-refractivity contribution in [2.45, 2.75) is 20.3 Å². The third-order valence-electron chi connectivity index (χ3n) is 2.18. The number of carbonyl (C=O) groups is 2. The molecule has 18 heavy (non-hydrogen) atoms. The van der Waals surface area contributed by atoms with E-state index in [4.69, 9.17) is 16.2 Å². The van der Waals surface area contributed by atoms with E-state index in [0.717, 1.165) is 17.8 Å². The number of primary amides is 1. The molecule has 1 heterocycles. The van der Waals surface area contributed by atoms with E-state index >= 15 is 0 Å². The highest BCUT2D eigenvalue weighted by Crippen LogP contribution is 2.36. The van der Waals surface area contributed by atoms with E-state index in [9.17, 15) is 9.59 Å². The van der Waals surface area contributed by atoms with E-state index in [1.165, 1.54) is 0 Å². The number of nitrogens with two attached hydrogens (primary N) is 2. The fourth-order valence-electron chi connectivity index (χ4n) is 1.40. The van der Waals surface area contributed by atoms with Crippen LogP contribution in [-0.4, -0.2) is 25.0 Å². The van der Waals surface area contributed by atoms with Gasteiger partial charge < -0.3 is 21.5 Å². The first-order valence-electron chi connectivity index (χ1n) is 5.65. The molecular formula is C11H17N3O3S. The molecule has 1 rings (SSSR count). The van der Waals surface area contributed by atoms with E-state index in [1.54, 1.807) is 6.92 Å². The van der Waals surface area contributed by atoms with Gasteiger partial charge in [-0.05, 0) is 13.3 Å². The van der Waals surface area contributed by atoms with Crippen molar-refractivity contribution < 1.29 is 14.3 Å². The Morgan fingerprint density at radius 1 is 1.39 bits per heavy atom. The fraction of sp³-hybridized carbons (Fsp3) is 0.455. The van der Waals surface area contributed by atoms with Gasteiger partial charge in [0.2, 0.25) is 0 Å². The molecule has 1 aromatic rings. The van der Waals surface area contributed by atoms with E-state index in [-0.39, 0.29) is 22.7 Å². The predicted octanol–water partition coefficient (Wildman–Crippen LogP) is 1.43. The van der Waals surface area contributed by atoms with Gasteiger partial charge >= 0.3 is 5.97 Å². The van der Waals surface area contributed by atoms with Gasteiger partial charge in [-0.3, -0.25) is 4.79 Å². The Morgan fingerprint density at radius 3 is 2.56 bits per heavy atom. The van der Waals surface area contributed by atoms with Crippen molar-refractivity contribution in [3.05, 3.63) is 10.4 Å². The molecule has 1 amide bonds. The molecule has 1 aromatic heterocycles. The summed E-state index contributed by atoms with van der Waals surface area (Å²) in [6, 6.07) is 0. The Hall–Kier alpha value is -1.76. The monoisotopic (exact) mass is 271 g/mol. The second-order valence-corrected chi connectivity index (χ2v) is 4.58. The van der Waals surface area contributed by atoms with E-state index in [0.29, 0.717) is 11.5 Å². The number of rotatable bonds is 6. The first-order chi connectivity index (χ1) is 8.52. The van der Waals surface area contributed by atoms with Gasteiger partial charge in [-0.2, -0.15) is 0 Å². The molecule has 0 spiro atoms. The smallest absolute Gasteiger partial charge is 0.343 e. The maximum atomic E-state index is 11.8. The molecule has 0 bridgehead atoms. The highest BCUT2D eigenvalue weighted by Gasteiger charge is 2.25. The molecule has 0 fully saturated rings. The van der Waals surface area contributed by atoms with Crippen molar-refractivity contribution in [3.63, 3.8) is 0 Å². The highest BCUT2D eigenvalue weighted by atomic mass is 32.1. The quantitative estimate of drug-likeness (QED) is 0.678. The Bertz CT molecular complexity index is 457. The molecule has 0 aliphatic heterocycles. The molecule has 0 unspecified atom stereocenters. The Kier molecular flexibility index (Phi) is 4.96. The number of nitrogen functional groups attached to an aromatic ring is 1. The van der Waals surface area contributed by atoms with Crippen LogP contribution in [0.1, 0.15) is 40.3 Å². The van der Waals surface area contributed by atoms with Crippen LogP contribution in [0.3, 0.4) is 0 Å². The lowest BCUT2D eigenvalue weighted by Gasteiger charge is -2.06. The zero-order valence-corrected chi connectivity index (χ0v) is 11.2. The number of esters is 1. The summed E-state index contributed by atoms with van der Waals surface area (Å²) < 4.78 is 4.92. The zero-order valence-electron chi connectivity index (χ0n) is 10.4. The second kappa shape index (κ2) is 6.25. The van der Waals surface area contributed by atoms with Crippen LogP contribution in [-0.2, 0) is 4.74 Å². The Morgan fingerprint density at radius 2 is 2.06 bits per heavy atom. The normalized spacial score (nSPS) is 10.1. The van der Waals surface area contributed by atoms with Gasteiger partial charge in [-0.15, -0.1) is 11.3 Å². The third-order valence-corrected chi connectivity index (χ3v) is 3.36. The number of anilines is 2. The van der Waals surface area contributed by atoms with Crippen molar-refractivity contribution in [1.82, 2.24) is 0 Å². The van der Waals surface area contributed by atoms with Crippen LogP contribution >= 0.6 is 11.3 Å². The van der Waals surface area contributed by atoms with Crippen LogP contribution in [0.2, 0.25) is 0 Å². The van der Waals surface area contributed by atoms with Gasteiger partial charge in [-0.1, -0.05) is 6.92 Å². The van der Waals surface area contributed by atoms with Crippen LogP contribution in [0.25, 0.3) is 0 Å². The molecule has 7 heteroatoms. The summed E-state index contributed by atoms with van der Waals surface area (Å²) in [4.78, 5) is 23.2. The van der Waals surface area contributed by atoms with Gasteiger partial charge in [0.05, 0.1) is 12.3 Å². The summed E-state index contributed by atoms with van der Waals surface area (Å²) in [6.07, 6.45) is 0.881. The number of amides is 1. The fourth-order valence-corrected chi connectivity index (χ4v) is 2.38. The van der Waals surface area contributed by atoms with E-state index in [1.807, 2.05) is 6.92 Å². The van der Waals surface area contributed by atoms with Gasteiger partial charge in [0, 0.05) is 6.54 Å². The average Bonchev–Trinajstić information content (AvgIpc) is 2.64. The molecule has 0 saturated heterocycles. The van der Waals surface area contributed by atoms with Crippen LogP contribution in [0, 0.1) is 0 Å². The molecule has 100 valence electrons. The largest absolute Gasteiger partial charge is 0.462 e. The molecule has 0 aliphatic rings. The number of carbonyl (C=O) groups excluding carboxylic acids is 2. The van der Waals surface area contributed by atoms with E-state index in [2.05, 4.69) is 5.32 Å². The number of thiophene rings is 1. The first kappa shape index (κ1) is 14.3. The minimum absolute atomic E-state index is 0.0875. The van der Waals surface area contributed by atoms with Gasteiger partial charge in [0.15, 0.2) is 0 Å². The maximum Gasteiger partial charge on any atom is 0.343 e. The summed E-state index contributed by atoms with van der Waals surface area (Å²) in [7, 11) is 0. The molecule has 5 N–H and O–H groups in total. The molecule has 0 aliphatic carbocycles. The van der Waals surface area contributed by atoms with E-state index < -0.39 is 11.9 Å². The van der Waals surface area contributed by atoms with Crippen LogP contribution in [0.4, 0.5) is 10.7 Å². The SMILES string of the molecule is CCCNc1sc(C(N)=O)c(N)c1C(=O)OCC. The third kappa shape index (κ3) is 2.92. The summed E-state index contributed by atoms with van der Waals surface area (Å²) >= 11 is 1.08. The van der Waals surface area contributed by atoms with Crippen molar-refractivity contribution in [2.75, 3.05) is 24.2 Å². The van der Waals surface area contributed by atoms with Crippen molar-refractivity contribution >= 4 is 33.9 Å². The Balaban J connectivity index is 3.17. The standard InChI is InChI=1S/C11H17N3O3S/c1-3-5-14-10-6(11(16)17-4-2)7(12)8(18-10)9(13)15/h14H,3-5,12H2,1-2H3,(H2,13,15). The topological polar surface area (TPSA) is 107 Å².